The zero-order valence-electron chi connectivity index (χ0n) is 14.7. The van der Waals surface area contributed by atoms with Gasteiger partial charge in [-0.2, -0.15) is 0 Å². The van der Waals surface area contributed by atoms with Crippen molar-refractivity contribution < 1.29 is 9.53 Å². The van der Waals surface area contributed by atoms with Gasteiger partial charge in [-0.25, -0.2) is 4.98 Å². The number of amides is 1. The summed E-state index contributed by atoms with van der Waals surface area (Å²) in [5.41, 5.74) is 2.50. The Morgan fingerprint density at radius 1 is 1.33 bits per heavy atom. The van der Waals surface area contributed by atoms with E-state index in [4.69, 9.17) is 4.74 Å². The summed E-state index contributed by atoms with van der Waals surface area (Å²) < 4.78 is 7.64. The van der Waals surface area contributed by atoms with E-state index in [1.807, 2.05) is 54.8 Å². The normalized spacial score (nSPS) is 17.8. The van der Waals surface area contributed by atoms with Gasteiger partial charge in [0.15, 0.2) is 0 Å². The Labute approximate surface area is 143 Å². The summed E-state index contributed by atoms with van der Waals surface area (Å²) >= 11 is 0. The molecule has 0 aliphatic carbocycles. The van der Waals surface area contributed by atoms with E-state index in [1.54, 1.807) is 0 Å². The largest absolute Gasteiger partial charge is 0.376 e. The topological polar surface area (TPSA) is 50.1 Å². The van der Waals surface area contributed by atoms with Crippen molar-refractivity contribution in [1.82, 2.24) is 19.2 Å². The van der Waals surface area contributed by atoms with Crippen LogP contribution in [0.15, 0.2) is 24.5 Å². The van der Waals surface area contributed by atoms with Crippen LogP contribution < -0.4 is 0 Å². The number of carbonyl (C=O) groups is 1. The summed E-state index contributed by atoms with van der Waals surface area (Å²) in [7, 11) is 4.05. The Bertz CT molecular complexity index is 704. The molecule has 0 aromatic carbocycles. The summed E-state index contributed by atoms with van der Waals surface area (Å²) in [5, 5.41) is 0. The molecule has 0 spiro atoms. The Kier molecular flexibility index (Phi) is 5.16. The Hall–Kier alpha value is -1.92. The molecular formula is C18H26N4O2. The SMILES string of the molecule is Cc1cn2cc(C(=O)N(CCN(C)C)CC3CCCO3)ccc2n1. The molecule has 6 heteroatoms. The van der Waals surface area contributed by atoms with Gasteiger partial charge in [0.25, 0.3) is 5.91 Å². The second-order valence-electron chi connectivity index (χ2n) is 6.75. The summed E-state index contributed by atoms with van der Waals surface area (Å²) in [5.74, 6) is 0.0561. The molecule has 1 fully saturated rings. The van der Waals surface area contributed by atoms with Gasteiger partial charge < -0.3 is 18.9 Å². The van der Waals surface area contributed by atoms with Crippen LogP contribution in [0.3, 0.4) is 0 Å². The van der Waals surface area contributed by atoms with Gasteiger partial charge >= 0.3 is 0 Å². The van der Waals surface area contributed by atoms with E-state index in [1.165, 1.54) is 0 Å². The molecule has 6 nitrogen and oxygen atoms in total. The molecule has 0 N–H and O–H groups in total. The van der Waals surface area contributed by atoms with Crippen molar-refractivity contribution >= 4 is 11.6 Å². The summed E-state index contributed by atoms with van der Waals surface area (Å²) in [6, 6.07) is 3.76. The molecule has 1 atom stereocenters. The third-order valence-electron chi connectivity index (χ3n) is 4.37. The fourth-order valence-corrected chi connectivity index (χ4v) is 3.06. The number of pyridine rings is 1. The van der Waals surface area contributed by atoms with Crippen LogP contribution in [-0.2, 0) is 4.74 Å². The van der Waals surface area contributed by atoms with Crippen LogP contribution in [0.4, 0.5) is 0 Å². The second kappa shape index (κ2) is 7.32. The monoisotopic (exact) mass is 330 g/mol. The highest BCUT2D eigenvalue weighted by atomic mass is 16.5. The van der Waals surface area contributed by atoms with Gasteiger partial charge in [0.05, 0.1) is 17.4 Å². The van der Waals surface area contributed by atoms with Crippen molar-refractivity contribution in [2.45, 2.75) is 25.9 Å². The molecular weight excluding hydrogens is 304 g/mol. The van der Waals surface area contributed by atoms with Crippen molar-refractivity contribution in [2.75, 3.05) is 40.3 Å². The van der Waals surface area contributed by atoms with Gasteiger partial charge in [0, 0.05) is 38.6 Å². The second-order valence-corrected chi connectivity index (χ2v) is 6.75. The Balaban J connectivity index is 1.78. The van der Waals surface area contributed by atoms with E-state index in [0.717, 1.165) is 37.3 Å². The van der Waals surface area contributed by atoms with Crippen molar-refractivity contribution in [3.8, 4) is 0 Å². The maximum Gasteiger partial charge on any atom is 0.255 e. The number of nitrogens with zero attached hydrogens (tertiary/aromatic N) is 4. The molecule has 1 aliphatic heterocycles. The minimum atomic E-state index is 0.0561. The Morgan fingerprint density at radius 2 is 2.17 bits per heavy atom. The van der Waals surface area contributed by atoms with E-state index in [2.05, 4.69) is 9.88 Å². The fraction of sp³-hybridized carbons (Fsp3) is 0.556. The van der Waals surface area contributed by atoms with Crippen LogP contribution in [0.25, 0.3) is 5.65 Å². The van der Waals surface area contributed by atoms with Gasteiger partial charge in [-0.05, 0) is 46.0 Å². The minimum absolute atomic E-state index is 0.0561. The molecule has 2 aromatic rings. The van der Waals surface area contributed by atoms with Crippen molar-refractivity contribution in [1.29, 1.82) is 0 Å². The predicted octanol–water partition coefficient (Wildman–Crippen LogP) is 1.83. The fourth-order valence-electron chi connectivity index (χ4n) is 3.06. The van der Waals surface area contributed by atoms with Crippen LogP contribution in [0.2, 0.25) is 0 Å². The lowest BCUT2D eigenvalue weighted by molar-refractivity contribution is 0.0511. The third kappa shape index (κ3) is 3.94. The van der Waals surface area contributed by atoms with Crippen molar-refractivity contribution in [3.63, 3.8) is 0 Å². The highest BCUT2D eigenvalue weighted by molar-refractivity contribution is 5.94. The lowest BCUT2D eigenvalue weighted by atomic mass is 10.2. The lowest BCUT2D eigenvalue weighted by Crippen LogP contribution is -2.41. The molecule has 3 rings (SSSR count). The molecule has 1 amide bonds. The molecule has 0 bridgehead atoms. The number of aryl methyl sites for hydroxylation is 1. The first-order valence-corrected chi connectivity index (χ1v) is 8.54. The van der Waals surface area contributed by atoms with Gasteiger partial charge in [-0.1, -0.05) is 0 Å². The standard InChI is InChI=1S/C18H26N4O2/c1-14-11-22-12-15(6-7-17(22)19-14)18(23)21(9-8-20(2)3)13-16-5-4-10-24-16/h6-7,11-12,16H,4-5,8-10,13H2,1-3H3. The number of carbonyl (C=O) groups excluding carboxylic acids is 1. The zero-order chi connectivity index (χ0) is 17.1. The lowest BCUT2D eigenvalue weighted by Gasteiger charge is -2.27. The summed E-state index contributed by atoms with van der Waals surface area (Å²) in [6.07, 6.45) is 6.09. The maximum absolute atomic E-state index is 13.0. The zero-order valence-corrected chi connectivity index (χ0v) is 14.7. The number of likely N-dealkylation sites (N-methyl/N-ethyl adjacent to an activating group) is 1. The van der Waals surface area contributed by atoms with E-state index in [0.29, 0.717) is 18.7 Å². The van der Waals surface area contributed by atoms with E-state index in [9.17, 15) is 4.79 Å². The van der Waals surface area contributed by atoms with Crippen LogP contribution in [-0.4, -0.2) is 71.5 Å². The quantitative estimate of drug-likeness (QED) is 0.811. The highest BCUT2D eigenvalue weighted by Crippen LogP contribution is 2.16. The number of fused-ring (bicyclic) bond motifs is 1. The van der Waals surface area contributed by atoms with Crippen LogP contribution in [0, 0.1) is 6.92 Å². The van der Waals surface area contributed by atoms with E-state index < -0.39 is 0 Å². The molecule has 3 heterocycles. The number of ether oxygens (including phenoxy) is 1. The summed E-state index contributed by atoms with van der Waals surface area (Å²) in [4.78, 5) is 21.4. The first-order chi connectivity index (χ1) is 11.5. The maximum atomic E-state index is 13.0. The summed E-state index contributed by atoms with van der Waals surface area (Å²) in [6.45, 7) is 4.96. The number of hydrogen-bond acceptors (Lipinski definition) is 4. The van der Waals surface area contributed by atoms with E-state index in [-0.39, 0.29) is 12.0 Å². The third-order valence-corrected chi connectivity index (χ3v) is 4.37. The van der Waals surface area contributed by atoms with E-state index >= 15 is 0 Å². The first-order valence-electron chi connectivity index (χ1n) is 8.54. The van der Waals surface area contributed by atoms with Gasteiger partial charge in [0.1, 0.15) is 5.65 Å². The molecule has 130 valence electrons. The molecule has 2 aromatic heterocycles. The molecule has 1 aliphatic rings. The van der Waals surface area contributed by atoms with Crippen LogP contribution in [0.1, 0.15) is 28.9 Å². The number of imidazole rings is 1. The highest BCUT2D eigenvalue weighted by Gasteiger charge is 2.23. The van der Waals surface area contributed by atoms with Crippen molar-refractivity contribution in [3.05, 3.63) is 35.8 Å². The first kappa shape index (κ1) is 16.9. The average molecular weight is 330 g/mol. The average Bonchev–Trinajstić information content (AvgIpc) is 3.17. The number of rotatable bonds is 6. The minimum Gasteiger partial charge on any atom is -0.376 e. The molecule has 24 heavy (non-hydrogen) atoms. The molecule has 1 unspecified atom stereocenters. The Morgan fingerprint density at radius 3 is 2.88 bits per heavy atom. The van der Waals surface area contributed by atoms with Crippen LogP contribution >= 0.6 is 0 Å². The van der Waals surface area contributed by atoms with Gasteiger partial charge in [-0.3, -0.25) is 4.79 Å². The number of hydrogen-bond donors (Lipinski definition) is 0. The van der Waals surface area contributed by atoms with Gasteiger partial charge in [0.2, 0.25) is 0 Å². The van der Waals surface area contributed by atoms with Gasteiger partial charge in [-0.15, -0.1) is 0 Å². The molecule has 1 saturated heterocycles. The predicted molar refractivity (Wildman–Crippen MR) is 93.4 cm³/mol. The molecule has 0 saturated carbocycles. The van der Waals surface area contributed by atoms with Crippen molar-refractivity contribution in [2.24, 2.45) is 0 Å². The van der Waals surface area contributed by atoms with Crippen LogP contribution in [0.5, 0.6) is 0 Å². The molecule has 0 radical (unpaired) electrons. The smallest absolute Gasteiger partial charge is 0.255 e. The number of aromatic nitrogens is 2.